The van der Waals surface area contributed by atoms with Gasteiger partial charge < -0.3 is 10.1 Å². The number of carbonyl (C=O) groups excluding carboxylic acids is 1. The van der Waals surface area contributed by atoms with Crippen molar-refractivity contribution in [2.75, 3.05) is 13.7 Å². The topological polar surface area (TPSA) is 81.4 Å². The monoisotopic (exact) mass is 247 g/mol. The molecule has 0 saturated heterocycles. The number of rotatable bonds is 2. The third kappa shape index (κ3) is 1.82. The molecule has 0 bridgehead atoms. The van der Waals surface area contributed by atoms with Crippen LogP contribution in [0.25, 0.3) is 5.78 Å². The number of hydrogen-bond acceptors (Lipinski definition) is 6. The fourth-order valence-corrected chi connectivity index (χ4v) is 2.08. The fraction of sp³-hybridized carbons (Fsp3) is 0.455. The lowest BCUT2D eigenvalue weighted by Crippen LogP contribution is -2.26. The van der Waals surface area contributed by atoms with Gasteiger partial charge in [-0.2, -0.15) is 4.98 Å². The van der Waals surface area contributed by atoms with E-state index >= 15 is 0 Å². The van der Waals surface area contributed by atoms with Gasteiger partial charge in [0.15, 0.2) is 5.82 Å². The summed E-state index contributed by atoms with van der Waals surface area (Å²) >= 11 is 0. The van der Waals surface area contributed by atoms with Crippen LogP contribution in [0.1, 0.15) is 17.1 Å². The molecule has 0 unspecified atom stereocenters. The molecule has 2 aromatic heterocycles. The Hall–Kier alpha value is -2.02. The minimum Gasteiger partial charge on any atom is -0.469 e. The summed E-state index contributed by atoms with van der Waals surface area (Å²) in [5, 5.41) is 7.61. The van der Waals surface area contributed by atoms with E-state index in [1.807, 2.05) is 6.20 Å². The van der Waals surface area contributed by atoms with Crippen LogP contribution in [0.15, 0.2) is 6.20 Å². The van der Waals surface area contributed by atoms with Gasteiger partial charge in [0, 0.05) is 31.3 Å². The van der Waals surface area contributed by atoms with E-state index in [2.05, 4.69) is 25.1 Å². The summed E-state index contributed by atoms with van der Waals surface area (Å²) in [6.45, 7) is 1.71. The molecule has 3 heterocycles. The highest BCUT2D eigenvalue weighted by Crippen LogP contribution is 2.13. The van der Waals surface area contributed by atoms with E-state index in [1.165, 1.54) is 7.11 Å². The molecule has 1 aliphatic heterocycles. The molecule has 18 heavy (non-hydrogen) atoms. The zero-order chi connectivity index (χ0) is 12.5. The molecule has 0 fully saturated rings. The van der Waals surface area contributed by atoms with E-state index in [1.54, 1.807) is 4.52 Å². The summed E-state index contributed by atoms with van der Waals surface area (Å²) in [5.41, 5.74) is 2.24. The lowest BCUT2D eigenvalue weighted by atomic mass is 10.1. The van der Waals surface area contributed by atoms with Crippen LogP contribution < -0.4 is 5.32 Å². The van der Waals surface area contributed by atoms with E-state index < -0.39 is 0 Å². The highest BCUT2D eigenvalue weighted by Gasteiger charge is 2.17. The molecule has 2 aromatic rings. The second-order valence-corrected chi connectivity index (χ2v) is 4.15. The highest BCUT2D eigenvalue weighted by molar-refractivity contribution is 5.71. The van der Waals surface area contributed by atoms with Gasteiger partial charge in [-0.15, -0.1) is 5.10 Å². The second kappa shape index (κ2) is 4.34. The summed E-state index contributed by atoms with van der Waals surface area (Å²) in [5.74, 6) is 0.636. The second-order valence-electron chi connectivity index (χ2n) is 4.15. The minimum absolute atomic E-state index is 0.0763. The van der Waals surface area contributed by atoms with E-state index in [0.29, 0.717) is 11.6 Å². The Labute approximate surface area is 103 Å². The predicted molar refractivity (Wildman–Crippen MR) is 61.9 cm³/mol. The first-order chi connectivity index (χ1) is 8.78. The smallest absolute Gasteiger partial charge is 0.313 e. The molecule has 0 aromatic carbocycles. The molecule has 7 heteroatoms. The van der Waals surface area contributed by atoms with Gasteiger partial charge in [-0.1, -0.05) is 0 Å². The Morgan fingerprint density at radius 2 is 2.50 bits per heavy atom. The van der Waals surface area contributed by atoms with Crippen molar-refractivity contribution < 1.29 is 9.53 Å². The summed E-state index contributed by atoms with van der Waals surface area (Å²) in [6.07, 6.45) is 2.77. The van der Waals surface area contributed by atoms with E-state index in [-0.39, 0.29) is 12.4 Å². The molecular formula is C11H13N5O2. The van der Waals surface area contributed by atoms with E-state index in [0.717, 1.165) is 30.8 Å². The van der Waals surface area contributed by atoms with Crippen LogP contribution in [0.3, 0.4) is 0 Å². The Morgan fingerprint density at radius 3 is 3.33 bits per heavy atom. The summed E-state index contributed by atoms with van der Waals surface area (Å²) < 4.78 is 6.33. The van der Waals surface area contributed by atoms with Crippen molar-refractivity contribution >= 4 is 11.7 Å². The van der Waals surface area contributed by atoms with Gasteiger partial charge in [0.25, 0.3) is 5.78 Å². The predicted octanol–water partition coefficient (Wildman–Crippen LogP) is -0.515. The number of nitrogens with one attached hydrogen (secondary N) is 1. The van der Waals surface area contributed by atoms with Crippen molar-refractivity contribution in [3.63, 3.8) is 0 Å². The first-order valence-corrected chi connectivity index (χ1v) is 5.78. The average molecular weight is 247 g/mol. The number of carbonyl (C=O) groups is 1. The van der Waals surface area contributed by atoms with E-state index in [9.17, 15) is 4.79 Å². The van der Waals surface area contributed by atoms with Crippen LogP contribution in [-0.2, 0) is 28.9 Å². The zero-order valence-corrected chi connectivity index (χ0v) is 10.0. The van der Waals surface area contributed by atoms with Crippen LogP contribution in [-0.4, -0.2) is 39.2 Å². The lowest BCUT2D eigenvalue weighted by molar-refractivity contribution is -0.139. The number of aromatic nitrogens is 4. The van der Waals surface area contributed by atoms with Crippen LogP contribution >= 0.6 is 0 Å². The maximum Gasteiger partial charge on any atom is 0.313 e. The van der Waals surface area contributed by atoms with Crippen LogP contribution in [0.4, 0.5) is 0 Å². The molecule has 7 nitrogen and oxygen atoms in total. The van der Waals surface area contributed by atoms with Crippen molar-refractivity contribution in [2.45, 2.75) is 19.4 Å². The molecule has 1 N–H and O–H groups in total. The van der Waals surface area contributed by atoms with Gasteiger partial charge in [-0.25, -0.2) is 9.50 Å². The van der Waals surface area contributed by atoms with Gasteiger partial charge >= 0.3 is 5.97 Å². The van der Waals surface area contributed by atoms with Gasteiger partial charge in [0.05, 0.1) is 12.8 Å². The number of ether oxygens (including phenoxy) is 1. The van der Waals surface area contributed by atoms with Crippen molar-refractivity contribution in [3.8, 4) is 0 Å². The van der Waals surface area contributed by atoms with Crippen LogP contribution in [0.2, 0.25) is 0 Å². The van der Waals surface area contributed by atoms with Crippen molar-refractivity contribution in [1.82, 2.24) is 24.9 Å². The molecule has 0 radical (unpaired) electrons. The van der Waals surface area contributed by atoms with E-state index in [4.69, 9.17) is 0 Å². The van der Waals surface area contributed by atoms with Crippen LogP contribution in [0.5, 0.6) is 0 Å². The standard InChI is InChI=1S/C11H13N5O2/c1-18-10(17)4-9-14-11-13-6-7-5-12-3-2-8(7)16(11)15-9/h6,12H,2-5H2,1H3. The molecule has 94 valence electrons. The first-order valence-electron chi connectivity index (χ1n) is 5.78. The Morgan fingerprint density at radius 1 is 1.61 bits per heavy atom. The lowest BCUT2D eigenvalue weighted by Gasteiger charge is -2.16. The highest BCUT2D eigenvalue weighted by atomic mass is 16.5. The molecule has 1 aliphatic rings. The average Bonchev–Trinajstić information content (AvgIpc) is 2.81. The summed E-state index contributed by atoms with van der Waals surface area (Å²) in [4.78, 5) is 19.7. The summed E-state index contributed by atoms with van der Waals surface area (Å²) in [6, 6.07) is 0. The van der Waals surface area contributed by atoms with Crippen molar-refractivity contribution in [2.24, 2.45) is 0 Å². The van der Waals surface area contributed by atoms with Crippen LogP contribution in [0, 0.1) is 0 Å². The summed E-state index contributed by atoms with van der Waals surface area (Å²) in [7, 11) is 1.35. The molecular weight excluding hydrogens is 234 g/mol. The third-order valence-electron chi connectivity index (χ3n) is 2.98. The fourth-order valence-electron chi connectivity index (χ4n) is 2.08. The van der Waals surface area contributed by atoms with Crippen molar-refractivity contribution in [1.29, 1.82) is 0 Å². The Bertz CT molecular complexity index is 607. The van der Waals surface area contributed by atoms with Crippen molar-refractivity contribution in [3.05, 3.63) is 23.3 Å². The first kappa shape index (κ1) is 11.1. The SMILES string of the molecule is COC(=O)Cc1nc2ncc3c(n2n1)CCNC3. The maximum absolute atomic E-state index is 11.2. The largest absolute Gasteiger partial charge is 0.469 e. The zero-order valence-electron chi connectivity index (χ0n) is 10.0. The maximum atomic E-state index is 11.2. The third-order valence-corrected chi connectivity index (χ3v) is 2.98. The number of fused-ring (bicyclic) bond motifs is 3. The molecule has 0 aliphatic carbocycles. The molecule has 0 amide bonds. The molecule has 0 saturated carbocycles. The normalized spacial score (nSPS) is 14.5. The minimum atomic E-state index is -0.346. The van der Waals surface area contributed by atoms with Gasteiger partial charge in [-0.05, 0) is 0 Å². The molecule has 3 rings (SSSR count). The molecule has 0 atom stereocenters. The number of nitrogens with zero attached hydrogens (tertiary/aromatic N) is 4. The number of esters is 1. The Balaban J connectivity index is 2.03. The quantitative estimate of drug-likeness (QED) is 0.719. The Kier molecular flexibility index (Phi) is 2.67. The van der Waals surface area contributed by atoms with Gasteiger partial charge in [0.1, 0.15) is 6.42 Å². The number of hydrogen-bond donors (Lipinski definition) is 1. The molecule has 0 spiro atoms. The van der Waals surface area contributed by atoms with Gasteiger partial charge in [-0.3, -0.25) is 4.79 Å². The number of methoxy groups -OCH3 is 1. The van der Waals surface area contributed by atoms with Gasteiger partial charge in [0.2, 0.25) is 0 Å².